The molecular weight excluding hydrogens is 220 g/mol. The quantitative estimate of drug-likeness (QED) is 0.802. The highest BCUT2D eigenvalue weighted by Crippen LogP contribution is 2.30. The molecule has 0 heterocycles. The van der Waals surface area contributed by atoms with E-state index < -0.39 is 0 Å². The van der Waals surface area contributed by atoms with Gasteiger partial charge in [0.05, 0.1) is 6.54 Å². The molecule has 0 unspecified atom stereocenters. The molecule has 1 aliphatic carbocycles. The molecule has 1 aromatic rings. The van der Waals surface area contributed by atoms with Gasteiger partial charge in [0.1, 0.15) is 0 Å². The molecule has 2 rings (SSSR count). The highest BCUT2D eigenvalue weighted by Gasteiger charge is 2.23. The van der Waals surface area contributed by atoms with Crippen LogP contribution in [0.3, 0.4) is 0 Å². The van der Waals surface area contributed by atoms with Crippen molar-refractivity contribution >= 4 is 0 Å². The molecule has 1 fully saturated rings. The lowest BCUT2D eigenvalue weighted by Crippen LogP contribution is -2.25. The highest BCUT2D eigenvalue weighted by molar-refractivity contribution is 5.41. The Morgan fingerprint density at radius 3 is 2.78 bits per heavy atom. The van der Waals surface area contributed by atoms with Crippen LogP contribution in [-0.4, -0.2) is 24.5 Å². The van der Waals surface area contributed by atoms with E-state index in [0.717, 1.165) is 24.6 Å². The zero-order chi connectivity index (χ0) is 12.8. The van der Waals surface area contributed by atoms with Crippen molar-refractivity contribution in [3.05, 3.63) is 35.4 Å². The third kappa shape index (κ3) is 3.87. The molecule has 0 saturated heterocycles. The lowest BCUT2D eigenvalue weighted by molar-refractivity contribution is 0.268. The van der Waals surface area contributed by atoms with Gasteiger partial charge in [-0.05, 0) is 36.9 Å². The lowest BCUT2D eigenvalue weighted by atomic mass is 10.1. The number of hydrogen-bond acceptors (Lipinski definition) is 2. The van der Waals surface area contributed by atoms with Crippen LogP contribution in [0.2, 0.25) is 0 Å². The molecule has 0 aliphatic heterocycles. The first-order valence-electron chi connectivity index (χ1n) is 6.82. The van der Waals surface area contributed by atoms with Crippen LogP contribution in [0, 0.1) is 17.8 Å². The van der Waals surface area contributed by atoms with Gasteiger partial charge in [0.25, 0.3) is 0 Å². The number of benzene rings is 1. The largest absolute Gasteiger partial charge is 0.320 e. The van der Waals surface area contributed by atoms with Crippen LogP contribution in [0.25, 0.3) is 0 Å². The molecule has 1 aromatic carbocycles. The number of rotatable bonds is 5. The molecule has 96 valence electrons. The van der Waals surface area contributed by atoms with Crippen molar-refractivity contribution in [2.45, 2.75) is 26.3 Å². The van der Waals surface area contributed by atoms with Gasteiger partial charge < -0.3 is 5.73 Å². The maximum atomic E-state index is 5.44. The Morgan fingerprint density at radius 2 is 2.11 bits per heavy atom. The maximum absolute atomic E-state index is 5.44. The van der Waals surface area contributed by atoms with E-state index in [2.05, 4.69) is 41.9 Å². The van der Waals surface area contributed by atoms with E-state index in [1.165, 1.54) is 24.9 Å². The van der Waals surface area contributed by atoms with Gasteiger partial charge in [0.15, 0.2) is 0 Å². The summed E-state index contributed by atoms with van der Waals surface area (Å²) in [5.41, 5.74) is 7.89. The van der Waals surface area contributed by atoms with Gasteiger partial charge in [-0.3, -0.25) is 4.90 Å². The van der Waals surface area contributed by atoms with Crippen molar-refractivity contribution in [1.29, 1.82) is 0 Å². The molecule has 0 amide bonds. The Kier molecular flexibility index (Phi) is 4.81. The fourth-order valence-corrected chi connectivity index (χ4v) is 2.14. The third-order valence-electron chi connectivity index (χ3n) is 3.40. The average molecular weight is 242 g/mol. The maximum Gasteiger partial charge on any atom is 0.0555 e. The lowest BCUT2D eigenvalue weighted by Gasteiger charge is -2.20. The Labute approximate surface area is 110 Å². The van der Waals surface area contributed by atoms with Gasteiger partial charge in [0.2, 0.25) is 0 Å². The smallest absolute Gasteiger partial charge is 0.0555 e. The summed E-state index contributed by atoms with van der Waals surface area (Å²) in [6.45, 7) is 6.00. The summed E-state index contributed by atoms with van der Waals surface area (Å²) in [6.07, 6.45) is 2.82. The van der Waals surface area contributed by atoms with Gasteiger partial charge >= 0.3 is 0 Å². The van der Waals surface area contributed by atoms with Crippen molar-refractivity contribution in [3.63, 3.8) is 0 Å². The third-order valence-corrected chi connectivity index (χ3v) is 3.40. The molecule has 2 N–H and O–H groups in total. The summed E-state index contributed by atoms with van der Waals surface area (Å²) in [5, 5.41) is 0. The second-order valence-corrected chi connectivity index (χ2v) is 4.93. The van der Waals surface area contributed by atoms with E-state index in [1.807, 2.05) is 6.07 Å². The van der Waals surface area contributed by atoms with Gasteiger partial charge in [-0.1, -0.05) is 37.0 Å². The Balaban J connectivity index is 2.05. The van der Waals surface area contributed by atoms with Crippen LogP contribution >= 0.6 is 0 Å². The zero-order valence-electron chi connectivity index (χ0n) is 11.2. The van der Waals surface area contributed by atoms with Gasteiger partial charge in [0, 0.05) is 18.7 Å². The monoisotopic (exact) mass is 242 g/mol. The van der Waals surface area contributed by atoms with Crippen LogP contribution < -0.4 is 5.73 Å². The summed E-state index contributed by atoms with van der Waals surface area (Å²) < 4.78 is 0. The van der Waals surface area contributed by atoms with Crippen LogP contribution in [0.15, 0.2) is 24.3 Å². The van der Waals surface area contributed by atoms with Crippen molar-refractivity contribution in [2.75, 3.05) is 19.6 Å². The first-order valence-corrected chi connectivity index (χ1v) is 6.82. The van der Waals surface area contributed by atoms with Crippen molar-refractivity contribution in [3.8, 4) is 11.8 Å². The normalized spacial score (nSPS) is 14.4. The van der Waals surface area contributed by atoms with E-state index in [1.54, 1.807) is 0 Å². The number of nitrogens with two attached hydrogens (primary N) is 1. The summed E-state index contributed by atoms with van der Waals surface area (Å²) in [4.78, 5) is 2.51. The Bertz CT molecular complexity index is 438. The first kappa shape index (κ1) is 13.1. The molecule has 18 heavy (non-hydrogen) atoms. The molecule has 0 radical (unpaired) electrons. The summed E-state index contributed by atoms with van der Waals surface area (Å²) in [5.74, 6) is 7.06. The topological polar surface area (TPSA) is 29.3 Å². The minimum absolute atomic E-state index is 0.425. The molecule has 0 spiro atoms. The molecule has 2 nitrogen and oxygen atoms in total. The van der Waals surface area contributed by atoms with Crippen LogP contribution in [0.1, 0.15) is 30.9 Å². The van der Waals surface area contributed by atoms with Crippen LogP contribution in [0.4, 0.5) is 0 Å². The SMILES string of the molecule is CCN(Cc1ccccc1C#CCN)CC1CC1. The highest BCUT2D eigenvalue weighted by atomic mass is 15.1. The average Bonchev–Trinajstić information content (AvgIpc) is 3.21. The molecule has 2 heteroatoms. The molecule has 1 aliphatic rings. The molecule has 0 aromatic heterocycles. The van der Waals surface area contributed by atoms with Crippen molar-refractivity contribution in [2.24, 2.45) is 11.7 Å². The minimum Gasteiger partial charge on any atom is -0.320 e. The van der Waals surface area contributed by atoms with Crippen molar-refractivity contribution < 1.29 is 0 Å². The summed E-state index contributed by atoms with van der Waals surface area (Å²) >= 11 is 0. The predicted molar refractivity (Wildman–Crippen MR) is 76.0 cm³/mol. The van der Waals surface area contributed by atoms with Crippen LogP contribution in [0.5, 0.6) is 0 Å². The molecule has 0 bridgehead atoms. The summed E-state index contributed by atoms with van der Waals surface area (Å²) in [6, 6.07) is 8.40. The molecule has 0 atom stereocenters. The Hall–Kier alpha value is -1.30. The van der Waals surface area contributed by atoms with Gasteiger partial charge in [-0.2, -0.15) is 0 Å². The minimum atomic E-state index is 0.425. The first-order chi connectivity index (χ1) is 8.83. The summed E-state index contributed by atoms with van der Waals surface area (Å²) in [7, 11) is 0. The fraction of sp³-hybridized carbons (Fsp3) is 0.500. The second-order valence-electron chi connectivity index (χ2n) is 4.93. The standard InChI is InChI=1S/C16H22N2/c1-2-18(12-14-9-10-14)13-16-7-4-3-6-15(16)8-5-11-17/h3-4,6-7,14H,2,9-13,17H2,1H3. The number of hydrogen-bond donors (Lipinski definition) is 1. The van der Waals surface area contributed by atoms with Crippen LogP contribution in [-0.2, 0) is 6.54 Å². The van der Waals surface area contributed by atoms with E-state index in [4.69, 9.17) is 5.73 Å². The fourth-order valence-electron chi connectivity index (χ4n) is 2.14. The van der Waals surface area contributed by atoms with E-state index in [9.17, 15) is 0 Å². The molecular formula is C16H22N2. The predicted octanol–water partition coefficient (Wildman–Crippen LogP) is 2.23. The van der Waals surface area contributed by atoms with E-state index in [-0.39, 0.29) is 0 Å². The molecule has 1 saturated carbocycles. The zero-order valence-corrected chi connectivity index (χ0v) is 11.2. The second kappa shape index (κ2) is 6.58. The number of nitrogens with zero attached hydrogens (tertiary/aromatic N) is 1. The van der Waals surface area contributed by atoms with E-state index in [0.29, 0.717) is 6.54 Å². The van der Waals surface area contributed by atoms with E-state index >= 15 is 0 Å². The Morgan fingerprint density at radius 1 is 1.33 bits per heavy atom. The van der Waals surface area contributed by atoms with Gasteiger partial charge in [-0.25, -0.2) is 0 Å². The van der Waals surface area contributed by atoms with Crippen molar-refractivity contribution in [1.82, 2.24) is 4.90 Å². The van der Waals surface area contributed by atoms with Gasteiger partial charge in [-0.15, -0.1) is 0 Å².